The molecule has 1 heterocycles. The third-order valence-corrected chi connectivity index (χ3v) is 5.54. The third-order valence-electron chi connectivity index (χ3n) is 4.46. The number of ketones is 1. The summed E-state index contributed by atoms with van der Waals surface area (Å²) in [5.74, 6) is 0.762. The summed E-state index contributed by atoms with van der Waals surface area (Å²) in [6.07, 6.45) is 0.704. The lowest BCUT2D eigenvalue weighted by molar-refractivity contribution is -0.114. The first-order valence-electron chi connectivity index (χ1n) is 9.52. The summed E-state index contributed by atoms with van der Waals surface area (Å²) >= 11 is 1.41. The van der Waals surface area contributed by atoms with Gasteiger partial charge in [0.1, 0.15) is 5.82 Å². The van der Waals surface area contributed by atoms with Crippen molar-refractivity contribution in [2.75, 3.05) is 5.32 Å². The smallest absolute Gasteiger partial charge is 0.221 e. The topological polar surface area (TPSA) is 76.9 Å². The molecule has 1 N–H and O–H groups in total. The van der Waals surface area contributed by atoms with Gasteiger partial charge in [0, 0.05) is 31.1 Å². The fourth-order valence-corrected chi connectivity index (χ4v) is 4.01. The number of anilines is 1. The molecule has 0 aliphatic heterocycles. The van der Waals surface area contributed by atoms with E-state index in [-0.39, 0.29) is 16.9 Å². The Morgan fingerprint density at radius 2 is 1.76 bits per heavy atom. The first-order valence-corrected chi connectivity index (χ1v) is 10.4. The maximum absolute atomic E-state index is 12.8. The van der Waals surface area contributed by atoms with Crippen LogP contribution in [0.4, 0.5) is 5.69 Å². The zero-order valence-electron chi connectivity index (χ0n) is 16.8. The molecule has 150 valence electrons. The van der Waals surface area contributed by atoms with Gasteiger partial charge in [-0.05, 0) is 43.7 Å². The Labute approximate surface area is 174 Å². The molecule has 0 aliphatic carbocycles. The number of rotatable bonds is 8. The Bertz CT molecular complexity index is 984. The van der Waals surface area contributed by atoms with Gasteiger partial charge in [0.2, 0.25) is 5.91 Å². The molecule has 1 aromatic heterocycles. The average Bonchev–Trinajstić information content (AvgIpc) is 3.09. The van der Waals surface area contributed by atoms with Gasteiger partial charge in [-0.2, -0.15) is 0 Å². The zero-order valence-corrected chi connectivity index (χ0v) is 17.6. The summed E-state index contributed by atoms with van der Waals surface area (Å²) < 4.78 is 2.06. The SMILES string of the molecule is CCn1c(Cc2ccccc2)nnc1SC(C)C(=O)c1ccc(NC(C)=O)cc1. The predicted octanol–water partition coefficient (Wildman–Crippen LogP) is 4.21. The molecule has 0 aliphatic rings. The Morgan fingerprint density at radius 3 is 2.38 bits per heavy atom. The van der Waals surface area contributed by atoms with Crippen LogP contribution in [-0.4, -0.2) is 31.7 Å². The molecule has 0 bridgehead atoms. The Hall–Kier alpha value is -2.93. The molecule has 0 fully saturated rings. The van der Waals surface area contributed by atoms with Crippen molar-refractivity contribution in [1.82, 2.24) is 14.8 Å². The van der Waals surface area contributed by atoms with E-state index in [9.17, 15) is 9.59 Å². The number of hydrogen-bond donors (Lipinski definition) is 1. The van der Waals surface area contributed by atoms with E-state index in [2.05, 4.69) is 39.1 Å². The lowest BCUT2D eigenvalue weighted by atomic mass is 10.1. The largest absolute Gasteiger partial charge is 0.326 e. The van der Waals surface area contributed by atoms with E-state index < -0.39 is 0 Å². The summed E-state index contributed by atoms with van der Waals surface area (Å²) in [6, 6.07) is 17.1. The quantitative estimate of drug-likeness (QED) is 0.446. The van der Waals surface area contributed by atoms with Crippen molar-refractivity contribution in [1.29, 1.82) is 0 Å². The first-order chi connectivity index (χ1) is 14.0. The van der Waals surface area contributed by atoms with Gasteiger partial charge in [-0.15, -0.1) is 10.2 Å². The first kappa shape index (κ1) is 20.8. The maximum atomic E-state index is 12.8. The molecule has 1 unspecified atom stereocenters. The van der Waals surface area contributed by atoms with E-state index in [0.29, 0.717) is 17.7 Å². The third kappa shape index (κ3) is 5.32. The second-order valence-electron chi connectivity index (χ2n) is 6.69. The number of carbonyl (C=O) groups excluding carboxylic acids is 2. The molecule has 0 radical (unpaired) electrons. The minimum absolute atomic E-state index is 0.0136. The van der Waals surface area contributed by atoms with Crippen molar-refractivity contribution in [3.05, 3.63) is 71.5 Å². The van der Waals surface area contributed by atoms with Gasteiger partial charge in [-0.25, -0.2) is 0 Å². The molecule has 0 saturated carbocycles. The van der Waals surface area contributed by atoms with E-state index >= 15 is 0 Å². The molecule has 2 aromatic carbocycles. The fourth-order valence-electron chi connectivity index (χ4n) is 3.00. The van der Waals surface area contributed by atoms with E-state index in [4.69, 9.17) is 0 Å². The molecular formula is C22H24N4O2S. The molecular weight excluding hydrogens is 384 g/mol. The number of thioether (sulfide) groups is 1. The van der Waals surface area contributed by atoms with E-state index in [1.807, 2.05) is 25.1 Å². The van der Waals surface area contributed by atoms with E-state index in [0.717, 1.165) is 17.5 Å². The van der Waals surface area contributed by atoms with Crippen LogP contribution in [0.2, 0.25) is 0 Å². The summed E-state index contributed by atoms with van der Waals surface area (Å²) in [5.41, 5.74) is 2.45. The number of carbonyl (C=O) groups is 2. The highest BCUT2D eigenvalue weighted by atomic mass is 32.2. The van der Waals surface area contributed by atoms with Crippen LogP contribution in [0.15, 0.2) is 59.8 Å². The van der Waals surface area contributed by atoms with Crippen molar-refractivity contribution in [3.8, 4) is 0 Å². The summed E-state index contributed by atoms with van der Waals surface area (Å²) in [5, 5.41) is 11.8. The molecule has 6 nitrogen and oxygen atoms in total. The van der Waals surface area contributed by atoms with Crippen LogP contribution in [0.3, 0.4) is 0 Å². The Morgan fingerprint density at radius 1 is 1.07 bits per heavy atom. The maximum Gasteiger partial charge on any atom is 0.221 e. The Balaban J connectivity index is 1.70. The van der Waals surface area contributed by atoms with Gasteiger partial charge in [-0.3, -0.25) is 9.59 Å². The number of hydrogen-bond acceptors (Lipinski definition) is 5. The summed E-state index contributed by atoms with van der Waals surface area (Å²) in [6.45, 7) is 6.12. The fraction of sp³-hybridized carbons (Fsp3) is 0.273. The second-order valence-corrected chi connectivity index (χ2v) is 8.00. The van der Waals surface area contributed by atoms with E-state index in [1.165, 1.54) is 24.2 Å². The molecule has 29 heavy (non-hydrogen) atoms. The van der Waals surface area contributed by atoms with Crippen molar-refractivity contribution >= 4 is 29.1 Å². The van der Waals surface area contributed by atoms with Crippen LogP contribution in [0.1, 0.15) is 42.5 Å². The number of nitrogens with zero attached hydrogens (tertiary/aromatic N) is 3. The average molecular weight is 409 g/mol. The van der Waals surface area contributed by atoms with Crippen LogP contribution in [0, 0.1) is 0 Å². The van der Waals surface area contributed by atoms with Gasteiger partial charge < -0.3 is 9.88 Å². The van der Waals surface area contributed by atoms with Crippen molar-refractivity contribution < 1.29 is 9.59 Å². The number of amides is 1. The molecule has 7 heteroatoms. The Kier molecular flexibility index (Phi) is 6.82. The van der Waals surface area contributed by atoms with Gasteiger partial charge in [0.15, 0.2) is 10.9 Å². The lowest BCUT2D eigenvalue weighted by Crippen LogP contribution is -2.15. The van der Waals surface area contributed by atoms with Crippen LogP contribution < -0.4 is 5.32 Å². The lowest BCUT2D eigenvalue weighted by Gasteiger charge is -2.12. The molecule has 0 saturated heterocycles. The highest BCUT2D eigenvalue weighted by Crippen LogP contribution is 2.26. The van der Waals surface area contributed by atoms with Crippen LogP contribution in [0.25, 0.3) is 0 Å². The standard InChI is InChI=1S/C22H24N4O2S/c1-4-26-20(14-17-8-6-5-7-9-17)24-25-22(26)29-15(2)21(28)18-10-12-19(13-11-18)23-16(3)27/h5-13,15H,4,14H2,1-3H3,(H,23,27). The van der Waals surface area contributed by atoms with Gasteiger partial charge in [-0.1, -0.05) is 42.1 Å². The summed E-state index contributed by atoms with van der Waals surface area (Å²) in [7, 11) is 0. The zero-order chi connectivity index (χ0) is 20.8. The summed E-state index contributed by atoms with van der Waals surface area (Å²) in [4.78, 5) is 23.9. The predicted molar refractivity (Wildman–Crippen MR) is 115 cm³/mol. The number of nitrogens with one attached hydrogen (secondary N) is 1. The molecule has 1 amide bonds. The van der Waals surface area contributed by atoms with Crippen LogP contribution >= 0.6 is 11.8 Å². The molecule has 1 atom stereocenters. The van der Waals surface area contributed by atoms with Gasteiger partial charge >= 0.3 is 0 Å². The molecule has 3 rings (SSSR count). The number of benzene rings is 2. The van der Waals surface area contributed by atoms with Crippen molar-refractivity contribution in [3.63, 3.8) is 0 Å². The normalized spacial score (nSPS) is 11.8. The van der Waals surface area contributed by atoms with Crippen LogP contribution in [0.5, 0.6) is 0 Å². The minimum atomic E-state index is -0.305. The van der Waals surface area contributed by atoms with E-state index in [1.54, 1.807) is 24.3 Å². The highest BCUT2D eigenvalue weighted by Gasteiger charge is 2.21. The highest BCUT2D eigenvalue weighted by molar-refractivity contribution is 8.00. The van der Waals surface area contributed by atoms with Crippen molar-refractivity contribution in [2.45, 2.75) is 44.1 Å². The molecule has 0 spiro atoms. The van der Waals surface area contributed by atoms with Crippen molar-refractivity contribution in [2.24, 2.45) is 0 Å². The monoisotopic (exact) mass is 408 g/mol. The van der Waals surface area contributed by atoms with Crippen LogP contribution in [-0.2, 0) is 17.8 Å². The number of Topliss-reactive ketones (excluding diaryl/α,β-unsaturated/α-hetero) is 1. The minimum Gasteiger partial charge on any atom is -0.326 e. The molecule has 3 aromatic rings. The number of aromatic nitrogens is 3. The second kappa shape index (κ2) is 9.52. The van der Waals surface area contributed by atoms with Gasteiger partial charge in [0.05, 0.1) is 5.25 Å². The van der Waals surface area contributed by atoms with Gasteiger partial charge in [0.25, 0.3) is 0 Å².